The molecule has 7 heteroatoms. The van der Waals surface area contributed by atoms with Gasteiger partial charge in [-0.05, 0) is 6.42 Å². The third-order valence-corrected chi connectivity index (χ3v) is 3.44. The van der Waals surface area contributed by atoms with Gasteiger partial charge in [0.2, 0.25) is 5.91 Å². The number of aromatic carboxylic acids is 1. The van der Waals surface area contributed by atoms with Crippen LogP contribution in [0.25, 0.3) is 0 Å². The molecule has 0 spiro atoms. The standard InChI is InChI=1S/C14H20N4O3/c1-8(2)13-15-6-11(12(17-13)14(20)21)18-5-4-10(7-18)16-9(3)19/h6,8,10H,4-5,7H2,1-3H3,(H,16,19)(H,20,21). The first-order valence-corrected chi connectivity index (χ1v) is 7.00. The summed E-state index contributed by atoms with van der Waals surface area (Å²) >= 11 is 0. The molecule has 1 saturated heterocycles. The molecule has 0 aromatic carbocycles. The van der Waals surface area contributed by atoms with Crippen LogP contribution in [0.5, 0.6) is 0 Å². The summed E-state index contributed by atoms with van der Waals surface area (Å²) in [7, 11) is 0. The van der Waals surface area contributed by atoms with E-state index in [1.165, 1.54) is 6.92 Å². The fourth-order valence-corrected chi connectivity index (χ4v) is 2.44. The summed E-state index contributed by atoms with van der Waals surface area (Å²) in [6.45, 7) is 6.57. The van der Waals surface area contributed by atoms with E-state index in [0.717, 1.165) is 6.42 Å². The monoisotopic (exact) mass is 292 g/mol. The lowest BCUT2D eigenvalue weighted by Gasteiger charge is -2.20. The van der Waals surface area contributed by atoms with Crippen LogP contribution in [0.2, 0.25) is 0 Å². The molecular weight excluding hydrogens is 272 g/mol. The summed E-state index contributed by atoms with van der Waals surface area (Å²) in [5.74, 6) is -0.541. The summed E-state index contributed by atoms with van der Waals surface area (Å²) in [6, 6.07) is 0.0360. The molecule has 1 aromatic rings. The number of carboxylic acid groups (broad SMARTS) is 1. The predicted octanol–water partition coefficient (Wildman–Crippen LogP) is 1.01. The first-order valence-electron chi connectivity index (χ1n) is 7.00. The van der Waals surface area contributed by atoms with Crippen molar-refractivity contribution in [3.05, 3.63) is 17.7 Å². The number of anilines is 1. The highest BCUT2D eigenvalue weighted by molar-refractivity contribution is 5.92. The van der Waals surface area contributed by atoms with Gasteiger partial charge in [0.1, 0.15) is 5.82 Å². The molecule has 0 bridgehead atoms. The quantitative estimate of drug-likeness (QED) is 0.860. The van der Waals surface area contributed by atoms with E-state index in [0.29, 0.717) is 24.6 Å². The third-order valence-electron chi connectivity index (χ3n) is 3.44. The van der Waals surface area contributed by atoms with E-state index in [1.807, 2.05) is 18.7 Å². The number of nitrogens with one attached hydrogen (secondary N) is 1. The van der Waals surface area contributed by atoms with Gasteiger partial charge in [0.15, 0.2) is 5.69 Å². The number of aromatic nitrogens is 2. The number of hydrogen-bond acceptors (Lipinski definition) is 5. The van der Waals surface area contributed by atoms with Crippen LogP contribution < -0.4 is 10.2 Å². The Morgan fingerprint density at radius 3 is 2.76 bits per heavy atom. The van der Waals surface area contributed by atoms with Crippen LogP contribution >= 0.6 is 0 Å². The number of carboxylic acids is 1. The van der Waals surface area contributed by atoms with Gasteiger partial charge in [0.05, 0.1) is 11.9 Å². The Morgan fingerprint density at radius 1 is 1.48 bits per heavy atom. The third kappa shape index (κ3) is 3.48. The maximum Gasteiger partial charge on any atom is 0.356 e. The number of hydrogen-bond donors (Lipinski definition) is 2. The highest BCUT2D eigenvalue weighted by Crippen LogP contribution is 2.24. The second-order valence-electron chi connectivity index (χ2n) is 5.55. The largest absolute Gasteiger partial charge is 0.476 e. The molecule has 0 radical (unpaired) electrons. The molecule has 2 heterocycles. The van der Waals surface area contributed by atoms with Gasteiger partial charge in [-0.25, -0.2) is 14.8 Å². The van der Waals surface area contributed by atoms with Gasteiger partial charge in [-0.2, -0.15) is 0 Å². The lowest BCUT2D eigenvalue weighted by molar-refractivity contribution is -0.119. The van der Waals surface area contributed by atoms with Crippen molar-refractivity contribution < 1.29 is 14.7 Å². The van der Waals surface area contributed by atoms with E-state index in [9.17, 15) is 14.7 Å². The molecule has 2 rings (SSSR count). The van der Waals surface area contributed by atoms with Gasteiger partial charge in [-0.15, -0.1) is 0 Å². The molecule has 1 fully saturated rings. The lowest BCUT2D eigenvalue weighted by atomic mass is 10.2. The summed E-state index contributed by atoms with van der Waals surface area (Å²) in [6.07, 6.45) is 2.35. The van der Waals surface area contributed by atoms with E-state index in [4.69, 9.17) is 0 Å². The Balaban J connectivity index is 2.24. The van der Waals surface area contributed by atoms with Crippen molar-refractivity contribution in [1.29, 1.82) is 0 Å². The average molecular weight is 292 g/mol. The van der Waals surface area contributed by atoms with Crippen molar-refractivity contribution in [3.63, 3.8) is 0 Å². The second kappa shape index (κ2) is 6.07. The Labute approximate surface area is 123 Å². The maximum atomic E-state index is 11.4. The van der Waals surface area contributed by atoms with Gasteiger partial charge >= 0.3 is 5.97 Å². The van der Waals surface area contributed by atoms with Gasteiger partial charge in [-0.1, -0.05) is 13.8 Å². The SMILES string of the molecule is CC(=O)NC1CCN(c2cnc(C(C)C)nc2C(=O)O)C1. The molecule has 1 aliphatic rings. The van der Waals surface area contributed by atoms with Crippen molar-refractivity contribution >= 4 is 17.6 Å². The zero-order valence-corrected chi connectivity index (χ0v) is 12.5. The van der Waals surface area contributed by atoms with Crippen molar-refractivity contribution in [1.82, 2.24) is 15.3 Å². The van der Waals surface area contributed by atoms with Gasteiger partial charge < -0.3 is 15.3 Å². The minimum absolute atomic E-state index is 0.0252. The maximum absolute atomic E-state index is 11.4. The number of nitrogens with zero attached hydrogens (tertiary/aromatic N) is 3. The van der Waals surface area contributed by atoms with Crippen LogP contribution in [0.15, 0.2) is 6.20 Å². The van der Waals surface area contributed by atoms with E-state index in [1.54, 1.807) is 6.20 Å². The molecule has 114 valence electrons. The van der Waals surface area contributed by atoms with Crippen molar-refractivity contribution in [2.75, 3.05) is 18.0 Å². The fraction of sp³-hybridized carbons (Fsp3) is 0.571. The van der Waals surface area contributed by atoms with E-state index in [2.05, 4.69) is 15.3 Å². The zero-order valence-electron chi connectivity index (χ0n) is 12.5. The predicted molar refractivity (Wildman–Crippen MR) is 77.5 cm³/mol. The number of carbonyl (C=O) groups excluding carboxylic acids is 1. The molecule has 1 unspecified atom stereocenters. The first kappa shape index (κ1) is 15.2. The van der Waals surface area contributed by atoms with Crippen LogP contribution in [0.3, 0.4) is 0 Å². The number of rotatable bonds is 4. The Morgan fingerprint density at radius 2 is 2.19 bits per heavy atom. The van der Waals surface area contributed by atoms with Gasteiger partial charge in [0, 0.05) is 32.0 Å². The normalized spacial score (nSPS) is 18.1. The lowest BCUT2D eigenvalue weighted by Crippen LogP contribution is -2.36. The summed E-state index contributed by atoms with van der Waals surface area (Å²) in [5, 5.41) is 12.2. The topological polar surface area (TPSA) is 95.4 Å². The van der Waals surface area contributed by atoms with Crippen molar-refractivity contribution in [2.24, 2.45) is 0 Å². The highest BCUT2D eigenvalue weighted by Gasteiger charge is 2.27. The van der Waals surface area contributed by atoms with Crippen molar-refractivity contribution in [2.45, 2.75) is 39.2 Å². The number of amides is 1. The van der Waals surface area contributed by atoms with Crippen LogP contribution in [0, 0.1) is 0 Å². The fourth-order valence-electron chi connectivity index (χ4n) is 2.44. The highest BCUT2D eigenvalue weighted by atomic mass is 16.4. The minimum Gasteiger partial charge on any atom is -0.476 e. The smallest absolute Gasteiger partial charge is 0.356 e. The van der Waals surface area contributed by atoms with E-state index in [-0.39, 0.29) is 23.6 Å². The minimum atomic E-state index is -1.06. The Kier molecular flexibility index (Phi) is 4.40. The second-order valence-corrected chi connectivity index (χ2v) is 5.55. The molecule has 0 saturated carbocycles. The summed E-state index contributed by atoms with van der Waals surface area (Å²) in [5.41, 5.74) is 0.539. The molecule has 2 N–H and O–H groups in total. The van der Waals surface area contributed by atoms with E-state index >= 15 is 0 Å². The first-order chi connectivity index (χ1) is 9.88. The van der Waals surface area contributed by atoms with Crippen LogP contribution in [-0.4, -0.2) is 46.1 Å². The Bertz CT molecular complexity index is 559. The molecule has 7 nitrogen and oxygen atoms in total. The van der Waals surface area contributed by atoms with E-state index < -0.39 is 5.97 Å². The van der Waals surface area contributed by atoms with Crippen molar-refractivity contribution in [3.8, 4) is 0 Å². The molecule has 1 aromatic heterocycles. The molecule has 1 aliphatic heterocycles. The molecule has 1 atom stereocenters. The summed E-state index contributed by atoms with van der Waals surface area (Å²) < 4.78 is 0. The molecular formula is C14H20N4O3. The number of carbonyl (C=O) groups is 2. The Hall–Kier alpha value is -2.18. The molecule has 1 amide bonds. The van der Waals surface area contributed by atoms with Crippen LogP contribution in [-0.2, 0) is 4.79 Å². The molecule has 0 aliphatic carbocycles. The molecule has 21 heavy (non-hydrogen) atoms. The zero-order chi connectivity index (χ0) is 15.6. The van der Waals surface area contributed by atoms with Gasteiger partial charge in [-0.3, -0.25) is 4.79 Å². The average Bonchev–Trinajstić information content (AvgIpc) is 2.85. The summed E-state index contributed by atoms with van der Waals surface area (Å²) in [4.78, 5) is 32.8. The van der Waals surface area contributed by atoms with Gasteiger partial charge in [0.25, 0.3) is 0 Å². The van der Waals surface area contributed by atoms with Crippen LogP contribution in [0.1, 0.15) is 49.4 Å². The van der Waals surface area contributed by atoms with Crippen LogP contribution in [0.4, 0.5) is 5.69 Å².